The quantitative estimate of drug-likeness (QED) is 0.729. The highest BCUT2D eigenvalue weighted by atomic mass is 35.5. The van der Waals surface area contributed by atoms with Crippen molar-refractivity contribution >= 4 is 17.5 Å². The van der Waals surface area contributed by atoms with E-state index in [1.54, 1.807) is 7.11 Å². The summed E-state index contributed by atoms with van der Waals surface area (Å²) in [5.74, 6) is 0.911. The van der Waals surface area contributed by atoms with Gasteiger partial charge in [-0.3, -0.25) is 9.69 Å². The van der Waals surface area contributed by atoms with Gasteiger partial charge in [0.2, 0.25) is 0 Å². The fraction of sp³-hybridized carbons (Fsp3) is 0.381. The van der Waals surface area contributed by atoms with Crippen LogP contribution in [-0.2, 0) is 11.3 Å². The number of rotatable bonds is 7. The summed E-state index contributed by atoms with van der Waals surface area (Å²) in [5, 5.41) is 0.705. The van der Waals surface area contributed by atoms with Crippen molar-refractivity contribution in [3.63, 3.8) is 0 Å². The van der Waals surface area contributed by atoms with Crippen LogP contribution in [-0.4, -0.2) is 62.1 Å². The molecule has 1 amide bonds. The van der Waals surface area contributed by atoms with E-state index in [9.17, 15) is 4.79 Å². The SMILES string of the molecule is COCc1cccc(C(=O)N2CCN(CCOc3ccc(Cl)cc3)CC2)c1. The normalized spacial score (nSPS) is 15.0. The molecule has 1 fully saturated rings. The molecular weight excluding hydrogens is 364 g/mol. The van der Waals surface area contributed by atoms with Gasteiger partial charge in [-0.25, -0.2) is 0 Å². The minimum atomic E-state index is 0.0880. The van der Waals surface area contributed by atoms with E-state index >= 15 is 0 Å². The Hall–Kier alpha value is -2.08. The molecule has 0 radical (unpaired) electrons. The molecule has 0 aliphatic carbocycles. The maximum Gasteiger partial charge on any atom is 0.253 e. The monoisotopic (exact) mass is 388 g/mol. The number of hydrogen-bond acceptors (Lipinski definition) is 4. The van der Waals surface area contributed by atoms with E-state index in [2.05, 4.69) is 4.90 Å². The molecule has 0 spiro atoms. The summed E-state index contributed by atoms with van der Waals surface area (Å²) < 4.78 is 10.9. The van der Waals surface area contributed by atoms with Gasteiger partial charge in [-0.2, -0.15) is 0 Å². The van der Waals surface area contributed by atoms with E-state index in [-0.39, 0.29) is 5.91 Å². The highest BCUT2D eigenvalue weighted by Crippen LogP contribution is 2.16. The highest BCUT2D eigenvalue weighted by Gasteiger charge is 2.22. The van der Waals surface area contributed by atoms with Gasteiger partial charge in [0.1, 0.15) is 12.4 Å². The first-order chi connectivity index (χ1) is 13.2. The van der Waals surface area contributed by atoms with Gasteiger partial charge >= 0.3 is 0 Å². The molecule has 1 aliphatic heterocycles. The van der Waals surface area contributed by atoms with E-state index in [0.717, 1.165) is 49.6 Å². The number of amides is 1. The third kappa shape index (κ3) is 5.70. The zero-order chi connectivity index (χ0) is 19.1. The second-order valence-corrected chi connectivity index (χ2v) is 7.01. The van der Waals surface area contributed by atoms with Crippen molar-refractivity contribution < 1.29 is 14.3 Å². The van der Waals surface area contributed by atoms with E-state index in [1.165, 1.54) is 0 Å². The minimum absolute atomic E-state index is 0.0880. The number of nitrogens with zero attached hydrogens (tertiary/aromatic N) is 2. The molecule has 3 rings (SSSR count). The summed E-state index contributed by atoms with van der Waals surface area (Å²) in [5.41, 5.74) is 1.74. The molecule has 1 aliphatic rings. The average molecular weight is 389 g/mol. The molecule has 0 bridgehead atoms. The molecule has 1 heterocycles. The summed E-state index contributed by atoms with van der Waals surface area (Å²) in [6.07, 6.45) is 0. The Balaban J connectivity index is 1.43. The molecule has 144 valence electrons. The smallest absolute Gasteiger partial charge is 0.253 e. The van der Waals surface area contributed by atoms with E-state index < -0.39 is 0 Å². The van der Waals surface area contributed by atoms with Crippen molar-refractivity contribution in [3.8, 4) is 5.75 Å². The van der Waals surface area contributed by atoms with Crippen LogP contribution in [0.25, 0.3) is 0 Å². The van der Waals surface area contributed by atoms with Gasteiger partial charge in [0.15, 0.2) is 0 Å². The Morgan fingerprint density at radius 1 is 1.07 bits per heavy atom. The van der Waals surface area contributed by atoms with Crippen LogP contribution in [0.3, 0.4) is 0 Å². The minimum Gasteiger partial charge on any atom is -0.492 e. The molecule has 1 saturated heterocycles. The molecule has 27 heavy (non-hydrogen) atoms. The Morgan fingerprint density at radius 2 is 1.81 bits per heavy atom. The number of ether oxygens (including phenoxy) is 2. The highest BCUT2D eigenvalue weighted by molar-refractivity contribution is 6.30. The maximum absolute atomic E-state index is 12.7. The van der Waals surface area contributed by atoms with E-state index in [4.69, 9.17) is 21.1 Å². The van der Waals surface area contributed by atoms with Crippen molar-refractivity contribution in [2.24, 2.45) is 0 Å². The molecule has 0 unspecified atom stereocenters. The van der Waals surface area contributed by atoms with Crippen molar-refractivity contribution in [2.75, 3.05) is 46.4 Å². The zero-order valence-electron chi connectivity index (χ0n) is 15.6. The maximum atomic E-state index is 12.7. The van der Waals surface area contributed by atoms with Gasteiger partial charge in [0.25, 0.3) is 5.91 Å². The van der Waals surface area contributed by atoms with Crippen LogP contribution in [0.4, 0.5) is 0 Å². The van der Waals surface area contributed by atoms with Crippen LogP contribution in [0, 0.1) is 0 Å². The van der Waals surface area contributed by atoms with Crippen LogP contribution in [0.1, 0.15) is 15.9 Å². The van der Waals surface area contributed by atoms with E-state index in [1.807, 2.05) is 53.4 Å². The Bertz CT molecular complexity index is 743. The lowest BCUT2D eigenvalue weighted by Crippen LogP contribution is -2.49. The number of benzene rings is 2. The summed E-state index contributed by atoms with van der Waals surface area (Å²) >= 11 is 5.87. The van der Waals surface area contributed by atoms with Crippen LogP contribution in [0.5, 0.6) is 5.75 Å². The van der Waals surface area contributed by atoms with Crippen LogP contribution in [0.2, 0.25) is 5.02 Å². The number of carbonyl (C=O) groups excluding carboxylic acids is 1. The summed E-state index contributed by atoms with van der Waals surface area (Å²) in [6.45, 7) is 5.15. The molecule has 2 aromatic carbocycles. The molecule has 0 aromatic heterocycles. The van der Waals surface area contributed by atoms with Crippen molar-refractivity contribution in [1.29, 1.82) is 0 Å². The van der Waals surface area contributed by atoms with Crippen molar-refractivity contribution in [3.05, 3.63) is 64.7 Å². The summed E-state index contributed by atoms with van der Waals surface area (Å²) in [7, 11) is 1.66. The van der Waals surface area contributed by atoms with Crippen LogP contribution >= 0.6 is 11.6 Å². The van der Waals surface area contributed by atoms with Crippen LogP contribution < -0.4 is 4.74 Å². The van der Waals surface area contributed by atoms with Crippen molar-refractivity contribution in [2.45, 2.75) is 6.61 Å². The predicted molar refractivity (Wildman–Crippen MR) is 106 cm³/mol. The number of piperazine rings is 1. The average Bonchev–Trinajstić information content (AvgIpc) is 2.70. The summed E-state index contributed by atoms with van der Waals surface area (Å²) in [6, 6.07) is 15.1. The van der Waals surface area contributed by atoms with Crippen molar-refractivity contribution in [1.82, 2.24) is 9.80 Å². The lowest BCUT2D eigenvalue weighted by Gasteiger charge is -2.34. The lowest BCUT2D eigenvalue weighted by atomic mass is 10.1. The Kier molecular flexibility index (Phi) is 7.10. The second kappa shape index (κ2) is 9.74. The fourth-order valence-electron chi connectivity index (χ4n) is 3.14. The van der Waals surface area contributed by atoms with Gasteiger partial charge in [-0.05, 0) is 42.0 Å². The molecule has 5 nitrogen and oxygen atoms in total. The van der Waals surface area contributed by atoms with Gasteiger partial charge in [0.05, 0.1) is 6.61 Å². The number of carbonyl (C=O) groups is 1. The Morgan fingerprint density at radius 3 is 2.52 bits per heavy atom. The lowest BCUT2D eigenvalue weighted by molar-refractivity contribution is 0.0620. The third-order valence-electron chi connectivity index (χ3n) is 4.63. The first-order valence-electron chi connectivity index (χ1n) is 9.13. The zero-order valence-corrected chi connectivity index (χ0v) is 16.3. The van der Waals surface area contributed by atoms with E-state index in [0.29, 0.717) is 18.2 Å². The number of halogens is 1. The Labute approximate surface area is 165 Å². The topological polar surface area (TPSA) is 42.0 Å². The largest absolute Gasteiger partial charge is 0.492 e. The van der Waals surface area contributed by atoms with Gasteiger partial charge in [-0.15, -0.1) is 0 Å². The first-order valence-corrected chi connectivity index (χ1v) is 9.51. The van der Waals surface area contributed by atoms with Gasteiger partial charge < -0.3 is 14.4 Å². The molecule has 0 saturated carbocycles. The molecule has 2 aromatic rings. The molecule has 6 heteroatoms. The predicted octanol–water partition coefficient (Wildman–Crippen LogP) is 3.32. The summed E-state index contributed by atoms with van der Waals surface area (Å²) in [4.78, 5) is 17.0. The number of hydrogen-bond donors (Lipinski definition) is 0. The molecule has 0 atom stereocenters. The standard InChI is InChI=1S/C21H25ClN2O3/c1-26-16-17-3-2-4-18(15-17)21(25)24-11-9-23(10-12-24)13-14-27-20-7-5-19(22)6-8-20/h2-8,15H,9-14,16H2,1H3. The molecular formula is C21H25ClN2O3. The van der Waals surface area contributed by atoms with Gasteiger partial charge in [-0.1, -0.05) is 23.7 Å². The number of methoxy groups -OCH3 is 1. The van der Waals surface area contributed by atoms with Gasteiger partial charge in [0, 0.05) is 50.4 Å². The second-order valence-electron chi connectivity index (χ2n) is 6.57. The fourth-order valence-corrected chi connectivity index (χ4v) is 3.27. The van der Waals surface area contributed by atoms with Crippen LogP contribution in [0.15, 0.2) is 48.5 Å². The first kappa shape index (κ1) is 19.7. The molecule has 0 N–H and O–H groups in total. The third-order valence-corrected chi connectivity index (χ3v) is 4.89.